The van der Waals surface area contributed by atoms with Crippen LogP contribution in [0.5, 0.6) is 0 Å². The van der Waals surface area contributed by atoms with E-state index >= 15 is 0 Å². The molecule has 15 heavy (non-hydrogen) atoms. The molecule has 1 aromatic carbocycles. The summed E-state index contributed by atoms with van der Waals surface area (Å²) in [5.41, 5.74) is 2.54. The summed E-state index contributed by atoms with van der Waals surface area (Å²) in [7, 11) is 1.37. The van der Waals surface area contributed by atoms with Gasteiger partial charge in [0.15, 0.2) is 0 Å². The van der Waals surface area contributed by atoms with Crippen molar-refractivity contribution in [3.8, 4) is 0 Å². The van der Waals surface area contributed by atoms with E-state index in [4.69, 9.17) is 0 Å². The minimum atomic E-state index is -0.311. The van der Waals surface area contributed by atoms with Crippen LogP contribution in [0.2, 0.25) is 0 Å². The zero-order chi connectivity index (χ0) is 11.3. The maximum Gasteiger partial charge on any atom is 0.333 e. The summed E-state index contributed by atoms with van der Waals surface area (Å²) in [6, 6.07) is 7.73. The molecule has 0 saturated heterocycles. The molecular weight excluding hydrogens is 188 g/mol. The van der Waals surface area contributed by atoms with Crippen molar-refractivity contribution in [1.29, 1.82) is 0 Å². The Morgan fingerprint density at radius 1 is 1.33 bits per heavy atom. The highest BCUT2D eigenvalue weighted by atomic mass is 16.5. The second kappa shape index (κ2) is 5.15. The number of rotatable bonds is 3. The molecule has 0 unspecified atom stereocenters. The smallest absolute Gasteiger partial charge is 0.333 e. The SMILES string of the molecule is C=Cc1ccccc1/C=C(\C)C(=O)OC. The average Bonchev–Trinajstić information content (AvgIpc) is 2.28. The van der Waals surface area contributed by atoms with Crippen LogP contribution in [0.3, 0.4) is 0 Å². The first kappa shape index (κ1) is 11.2. The minimum Gasteiger partial charge on any atom is -0.466 e. The molecule has 0 amide bonds. The first-order chi connectivity index (χ1) is 7.19. The van der Waals surface area contributed by atoms with Gasteiger partial charge in [-0.1, -0.05) is 36.9 Å². The van der Waals surface area contributed by atoms with Crippen LogP contribution >= 0.6 is 0 Å². The molecule has 78 valence electrons. The van der Waals surface area contributed by atoms with Gasteiger partial charge in [-0.3, -0.25) is 0 Å². The van der Waals surface area contributed by atoms with Crippen LogP contribution in [-0.2, 0) is 9.53 Å². The summed E-state index contributed by atoms with van der Waals surface area (Å²) >= 11 is 0. The van der Waals surface area contributed by atoms with Gasteiger partial charge in [0.25, 0.3) is 0 Å². The Bertz CT molecular complexity index is 403. The van der Waals surface area contributed by atoms with Crippen LogP contribution in [0.4, 0.5) is 0 Å². The quantitative estimate of drug-likeness (QED) is 0.556. The maximum absolute atomic E-state index is 11.2. The highest BCUT2D eigenvalue weighted by molar-refractivity contribution is 5.93. The van der Waals surface area contributed by atoms with Gasteiger partial charge in [0.1, 0.15) is 0 Å². The normalized spacial score (nSPS) is 10.9. The fourth-order valence-electron chi connectivity index (χ4n) is 1.28. The molecule has 0 aliphatic rings. The largest absolute Gasteiger partial charge is 0.466 e. The first-order valence-corrected chi connectivity index (χ1v) is 4.67. The van der Waals surface area contributed by atoms with E-state index in [1.54, 1.807) is 19.1 Å². The van der Waals surface area contributed by atoms with Crippen LogP contribution in [0, 0.1) is 0 Å². The second-order valence-electron chi connectivity index (χ2n) is 3.15. The number of carbonyl (C=O) groups is 1. The molecule has 0 fully saturated rings. The predicted molar refractivity (Wildman–Crippen MR) is 62.2 cm³/mol. The zero-order valence-electron chi connectivity index (χ0n) is 8.99. The molecule has 1 aromatic rings. The van der Waals surface area contributed by atoms with Gasteiger partial charge < -0.3 is 4.74 Å². The van der Waals surface area contributed by atoms with Crippen molar-refractivity contribution in [1.82, 2.24) is 0 Å². The lowest BCUT2D eigenvalue weighted by Gasteiger charge is -2.02. The Labute approximate surface area is 89.9 Å². The number of hydrogen-bond donors (Lipinski definition) is 0. The third kappa shape index (κ3) is 2.81. The van der Waals surface area contributed by atoms with E-state index in [9.17, 15) is 4.79 Å². The summed E-state index contributed by atoms with van der Waals surface area (Å²) in [4.78, 5) is 11.2. The monoisotopic (exact) mass is 202 g/mol. The number of methoxy groups -OCH3 is 1. The lowest BCUT2D eigenvalue weighted by molar-refractivity contribution is -0.135. The van der Waals surface area contributed by atoms with Crippen LogP contribution in [0.15, 0.2) is 36.4 Å². The van der Waals surface area contributed by atoms with Gasteiger partial charge in [0.05, 0.1) is 7.11 Å². The fraction of sp³-hybridized carbons (Fsp3) is 0.154. The van der Waals surface area contributed by atoms with E-state index in [1.807, 2.05) is 24.3 Å². The molecule has 0 N–H and O–H groups in total. The number of esters is 1. The van der Waals surface area contributed by atoms with Crippen molar-refractivity contribution < 1.29 is 9.53 Å². The number of carbonyl (C=O) groups excluding carboxylic acids is 1. The molecule has 0 radical (unpaired) electrons. The lowest BCUT2D eigenvalue weighted by atomic mass is 10.1. The van der Waals surface area contributed by atoms with Gasteiger partial charge in [-0.2, -0.15) is 0 Å². The highest BCUT2D eigenvalue weighted by Gasteiger charge is 2.03. The van der Waals surface area contributed by atoms with E-state index in [0.717, 1.165) is 11.1 Å². The maximum atomic E-state index is 11.2. The fourth-order valence-corrected chi connectivity index (χ4v) is 1.28. The van der Waals surface area contributed by atoms with Gasteiger partial charge in [-0.25, -0.2) is 4.79 Å². The van der Waals surface area contributed by atoms with Crippen molar-refractivity contribution in [2.45, 2.75) is 6.92 Å². The van der Waals surface area contributed by atoms with E-state index in [0.29, 0.717) is 5.57 Å². The van der Waals surface area contributed by atoms with E-state index < -0.39 is 0 Å². The van der Waals surface area contributed by atoms with E-state index in [-0.39, 0.29) is 5.97 Å². The zero-order valence-corrected chi connectivity index (χ0v) is 8.99. The molecule has 0 atom stereocenters. The van der Waals surface area contributed by atoms with Gasteiger partial charge in [-0.15, -0.1) is 0 Å². The molecule has 1 rings (SSSR count). The Hall–Kier alpha value is -1.83. The van der Waals surface area contributed by atoms with Gasteiger partial charge >= 0.3 is 5.97 Å². The van der Waals surface area contributed by atoms with Crippen LogP contribution in [0.25, 0.3) is 12.2 Å². The molecule has 2 nitrogen and oxygen atoms in total. The van der Waals surface area contributed by atoms with Crippen molar-refractivity contribution in [3.63, 3.8) is 0 Å². The average molecular weight is 202 g/mol. The molecule has 0 saturated carbocycles. The predicted octanol–water partition coefficient (Wildman–Crippen LogP) is 2.91. The number of hydrogen-bond acceptors (Lipinski definition) is 2. The summed E-state index contributed by atoms with van der Waals surface area (Å²) in [6.45, 7) is 5.45. The molecule has 0 spiro atoms. The third-order valence-corrected chi connectivity index (χ3v) is 2.10. The van der Waals surface area contributed by atoms with Gasteiger partial charge in [0, 0.05) is 5.57 Å². The Kier molecular flexibility index (Phi) is 3.86. The van der Waals surface area contributed by atoms with Gasteiger partial charge in [0.2, 0.25) is 0 Å². The summed E-state index contributed by atoms with van der Waals surface area (Å²) in [5.74, 6) is -0.311. The van der Waals surface area contributed by atoms with Crippen LogP contribution < -0.4 is 0 Å². The van der Waals surface area contributed by atoms with Crippen molar-refractivity contribution in [3.05, 3.63) is 47.5 Å². The summed E-state index contributed by atoms with van der Waals surface area (Å²) in [6.07, 6.45) is 3.55. The second-order valence-corrected chi connectivity index (χ2v) is 3.15. The Morgan fingerprint density at radius 2 is 1.93 bits per heavy atom. The summed E-state index contributed by atoms with van der Waals surface area (Å²) < 4.78 is 4.62. The topological polar surface area (TPSA) is 26.3 Å². The summed E-state index contributed by atoms with van der Waals surface area (Å²) in [5, 5.41) is 0. The Balaban J connectivity index is 3.07. The Morgan fingerprint density at radius 3 is 2.47 bits per heavy atom. The molecular formula is C13H14O2. The van der Waals surface area contributed by atoms with Crippen molar-refractivity contribution in [2.75, 3.05) is 7.11 Å². The standard InChI is InChI=1S/C13H14O2/c1-4-11-7-5-6-8-12(11)9-10(2)13(14)15-3/h4-9H,1H2,2-3H3/b10-9+. The van der Waals surface area contributed by atoms with Gasteiger partial charge in [-0.05, 0) is 24.1 Å². The van der Waals surface area contributed by atoms with Crippen LogP contribution in [0.1, 0.15) is 18.1 Å². The lowest BCUT2D eigenvalue weighted by Crippen LogP contribution is -2.01. The third-order valence-electron chi connectivity index (χ3n) is 2.10. The highest BCUT2D eigenvalue weighted by Crippen LogP contribution is 2.14. The molecule has 0 bridgehead atoms. The first-order valence-electron chi connectivity index (χ1n) is 4.67. The van der Waals surface area contributed by atoms with Crippen molar-refractivity contribution in [2.24, 2.45) is 0 Å². The van der Waals surface area contributed by atoms with E-state index in [1.165, 1.54) is 7.11 Å². The van der Waals surface area contributed by atoms with Crippen molar-refractivity contribution >= 4 is 18.1 Å². The molecule has 2 heteroatoms. The minimum absolute atomic E-state index is 0.311. The molecule has 0 heterocycles. The number of ether oxygens (including phenoxy) is 1. The molecule has 0 aliphatic heterocycles. The molecule has 0 aliphatic carbocycles. The van der Waals surface area contributed by atoms with E-state index in [2.05, 4.69) is 11.3 Å². The molecule has 0 aromatic heterocycles. The number of benzene rings is 1. The van der Waals surface area contributed by atoms with Crippen LogP contribution in [-0.4, -0.2) is 13.1 Å².